The number of methoxy groups -OCH3 is 1. The van der Waals surface area contributed by atoms with Gasteiger partial charge in [-0.05, 0) is 56.8 Å². The van der Waals surface area contributed by atoms with Crippen LogP contribution in [0, 0.1) is 23.1 Å². The molecule has 0 bridgehead atoms. The second-order valence-electron chi connectivity index (χ2n) is 9.83. The minimum absolute atomic E-state index is 0.0234. The van der Waals surface area contributed by atoms with E-state index in [1.54, 1.807) is 6.07 Å². The standard InChI is InChI=1S/C28H36FN5O2/c1-21-19-33(24-16-26(29)25(18-30)27(17-24)36-2)14-15-34(21)28(35)31-11-8-22-9-12-32(13-10-22)20-23-6-4-3-5-7-23/h3-7,16-17,21-22H,8-15,19-20H2,1-2H3,(H,31,35)/t21-/m1/s1. The molecule has 0 unspecified atom stereocenters. The number of hydrogen-bond donors (Lipinski definition) is 1. The summed E-state index contributed by atoms with van der Waals surface area (Å²) in [5.41, 5.74) is 1.93. The van der Waals surface area contributed by atoms with Crippen LogP contribution in [0.1, 0.15) is 37.3 Å². The maximum Gasteiger partial charge on any atom is 0.317 e. The number of nitriles is 1. The van der Waals surface area contributed by atoms with Crippen molar-refractivity contribution in [2.75, 3.05) is 51.3 Å². The van der Waals surface area contributed by atoms with Crippen molar-refractivity contribution in [2.24, 2.45) is 5.92 Å². The second kappa shape index (κ2) is 12.1. The first kappa shape index (κ1) is 25.8. The van der Waals surface area contributed by atoms with Gasteiger partial charge in [-0.3, -0.25) is 4.90 Å². The normalized spacial score (nSPS) is 19.1. The molecule has 4 rings (SSSR count). The molecule has 0 saturated carbocycles. The van der Waals surface area contributed by atoms with Crippen molar-refractivity contribution in [1.82, 2.24) is 15.1 Å². The summed E-state index contributed by atoms with van der Waals surface area (Å²) in [5, 5.41) is 12.3. The number of halogens is 1. The Morgan fingerprint density at radius 1 is 1.17 bits per heavy atom. The van der Waals surface area contributed by atoms with Gasteiger partial charge in [-0.1, -0.05) is 30.3 Å². The van der Waals surface area contributed by atoms with Crippen molar-refractivity contribution >= 4 is 11.7 Å². The molecule has 0 aromatic heterocycles. The fourth-order valence-electron chi connectivity index (χ4n) is 5.27. The van der Waals surface area contributed by atoms with Gasteiger partial charge in [0.05, 0.1) is 7.11 Å². The predicted octanol–water partition coefficient (Wildman–Crippen LogP) is 4.23. The number of piperidine rings is 1. The highest BCUT2D eigenvalue weighted by atomic mass is 19.1. The van der Waals surface area contributed by atoms with E-state index in [0.717, 1.165) is 26.1 Å². The number of anilines is 1. The number of nitrogens with zero attached hydrogens (tertiary/aromatic N) is 4. The van der Waals surface area contributed by atoms with E-state index in [9.17, 15) is 9.18 Å². The molecule has 2 amide bonds. The third-order valence-electron chi connectivity index (χ3n) is 7.41. The molecular formula is C28H36FN5O2. The Kier molecular flexibility index (Phi) is 8.65. The van der Waals surface area contributed by atoms with Gasteiger partial charge in [0, 0.05) is 50.5 Å². The molecule has 2 aromatic rings. The number of likely N-dealkylation sites (tertiary alicyclic amines) is 1. The highest BCUT2D eigenvalue weighted by molar-refractivity contribution is 5.75. The molecule has 0 aliphatic carbocycles. The van der Waals surface area contributed by atoms with Crippen LogP contribution in [0.2, 0.25) is 0 Å². The molecule has 0 radical (unpaired) electrons. The molecular weight excluding hydrogens is 457 g/mol. The summed E-state index contributed by atoms with van der Waals surface area (Å²) in [4.78, 5) is 19.3. The zero-order valence-corrected chi connectivity index (χ0v) is 21.3. The molecule has 2 saturated heterocycles. The first-order valence-electron chi connectivity index (χ1n) is 12.8. The summed E-state index contributed by atoms with van der Waals surface area (Å²) in [5.74, 6) is 0.282. The Bertz CT molecular complexity index is 1070. The van der Waals surface area contributed by atoms with Crippen LogP contribution in [0.15, 0.2) is 42.5 Å². The molecule has 1 atom stereocenters. The third-order valence-corrected chi connectivity index (χ3v) is 7.41. The number of ether oxygens (including phenoxy) is 1. The number of rotatable bonds is 7. The first-order valence-corrected chi connectivity index (χ1v) is 12.8. The number of carbonyl (C=O) groups excluding carboxylic acids is 1. The molecule has 2 fully saturated rings. The molecule has 2 aromatic carbocycles. The number of piperazine rings is 1. The Hall–Kier alpha value is -3.31. The highest BCUT2D eigenvalue weighted by Crippen LogP contribution is 2.29. The fourth-order valence-corrected chi connectivity index (χ4v) is 5.27. The lowest BCUT2D eigenvalue weighted by atomic mass is 9.93. The smallest absolute Gasteiger partial charge is 0.317 e. The Morgan fingerprint density at radius 3 is 2.58 bits per heavy atom. The number of amides is 2. The molecule has 2 heterocycles. The van der Waals surface area contributed by atoms with Crippen LogP contribution in [0.25, 0.3) is 0 Å². The van der Waals surface area contributed by atoms with Gasteiger partial charge in [0.1, 0.15) is 23.2 Å². The highest BCUT2D eigenvalue weighted by Gasteiger charge is 2.29. The van der Waals surface area contributed by atoms with Gasteiger partial charge in [0.25, 0.3) is 0 Å². The van der Waals surface area contributed by atoms with Crippen LogP contribution < -0.4 is 15.0 Å². The average Bonchev–Trinajstić information content (AvgIpc) is 2.89. The van der Waals surface area contributed by atoms with Crippen molar-refractivity contribution in [3.05, 3.63) is 59.4 Å². The summed E-state index contributed by atoms with van der Waals surface area (Å²) >= 11 is 0. The lowest BCUT2D eigenvalue weighted by molar-refractivity contribution is 0.162. The number of urea groups is 1. The maximum absolute atomic E-state index is 14.4. The van der Waals surface area contributed by atoms with Gasteiger partial charge >= 0.3 is 6.03 Å². The van der Waals surface area contributed by atoms with E-state index in [2.05, 4.69) is 40.5 Å². The molecule has 1 N–H and O–H groups in total. The number of nitrogens with one attached hydrogen (secondary N) is 1. The van der Waals surface area contributed by atoms with Crippen molar-refractivity contribution < 1.29 is 13.9 Å². The molecule has 36 heavy (non-hydrogen) atoms. The maximum atomic E-state index is 14.4. The largest absolute Gasteiger partial charge is 0.495 e. The van der Waals surface area contributed by atoms with Gasteiger partial charge in [0.2, 0.25) is 0 Å². The monoisotopic (exact) mass is 493 g/mol. The Balaban J connectivity index is 1.20. The van der Waals surface area contributed by atoms with Crippen molar-refractivity contribution in [2.45, 2.75) is 38.8 Å². The summed E-state index contributed by atoms with van der Waals surface area (Å²) in [6, 6.07) is 15.5. The van der Waals surface area contributed by atoms with Crippen LogP contribution in [0.5, 0.6) is 5.75 Å². The zero-order chi connectivity index (χ0) is 25.5. The van der Waals surface area contributed by atoms with E-state index in [-0.39, 0.29) is 23.4 Å². The van der Waals surface area contributed by atoms with E-state index in [1.165, 1.54) is 31.6 Å². The molecule has 2 aliphatic heterocycles. The van der Waals surface area contributed by atoms with Gasteiger partial charge in [-0.15, -0.1) is 0 Å². The molecule has 0 spiro atoms. The number of hydrogen-bond acceptors (Lipinski definition) is 5. The average molecular weight is 494 g/mol. The quantitative estimate of drug-likeness (QED) is 0.625. The van der Waals surface area contributed by atoms with Gasteiger partial charge in [0.15, 0.2) is 0 Å². The summed E-state index contributed by atoms with van der Waals surface area (Å²) in [6.45, 7) is 7.64. The number of carbonyl (C=O) groups is 1. The van der Waals surface area contributed by atoms with Crippen molar-refractivity contribution in [3.63, 3.8) is 0 Å². The number of benzene rings is 2. The lowest BCUT2D eigenvalue weighted by Gasteiger charge is -2.41. The molecule has 192 valence electrons. The van der Waals surface area contributed by atoms with E-state index in [1.807, 2.05) is 22.8 Å². The molecule has 8 heteroatoms. The minimum Gasteiger partial charge on any atom is -0.495 e. The Morgan fingerprint density at radius 2 is 1.92 bits per heavy atom. The summed E-state index contributed by atoms with van der Waals surface area (Å²) < 4.78 is 19.6. The molecule has 7 nitrogen and oxygen atoms in total. The topological polar surface area (TPSA) is 71.8 Å². The summed E-state index contributed by atoms with van der Waals surface area (Å²) in [7, 11) is 1.43. The Labute approximate surface area is 213 Å². The van der Waals surface area contributed by atoms with Gasteiger partial charge in [-0.2, -0.15) is 5.26 Å². The van der Waals surface area contributed by atoms with Crippen molar-refractivity contribution in [1.29, 1.82) is 5.26 Å². The van der Waals surface area contributed by atoms with E-state index in [0.29, 0.717) is 37.8 Å². The van der Waals surface area contributed by atoms with E-state index < -0.39 is 5.82 Å². The van der Waals surface area contributed by atoms with Crippen LogP contribution in [-0.2, 0) is 6.54 Å². The minimum atomic E-state index is -0.592. The van der Waals surface area contributed by atoms with E-state index >= 15 is 0 Å². The van der Waals surface area contributed by atoms with Crippen molar-refractivity contribution in [3.8, 4) is 11.8 Å². The third kappa shape index (κ3) is 6.27. The van der Waals surface area contributed by atoms with E-state index in [4.69, 9.17) is 10.00 Å². The van der Waals surface area contributed by atoms with Crippen LogP contribution in [0.4, 0.5) is 14.9 Å². The SMILES string of the molecule is COc1cc(N2CCN(C(=O)NCCC3CCN(Cc4ccccc4)CC3)[C@H](C)C2)cc(F)c1C#N. The van der Waals surface area contributed by atoms with Crippen LogP contribution >= 0.6 is 0 Å². The predicted molar refractivity (Wildman–Crippen MR) is 139 cm³/mol. The second-order valence-corrected chi connectivity index (χ2v) is 9.83. The molecule has 2 aliphatic rings. The first-order chi connectivity index (χ1) is 17.5. The zero-order valence-electron chi connectivity index (χ0n) is 21.3. The lowest BCUT2D eigenvalue weighted by Crippen LogP contribution is -2.56. The van der Waals surface area contributed by atoms with Crippen LogP contribution in [-0.4, -0.2) is 68.3 Å². The van der Waals surface area contributed by atoms with Gasteiger partial charge < -0.3 is 19.9 Å². The van der Waals surface area contributed by atoms with Gasteiger partial charge in [-0.25, -0.2) is 9.18 Å². The van der Waals surface area contributed by atoms with Crippen LogP contribution in [0.3, 0.4) is 0 Å². The summed E-state index contributed by atoms with van der Waals surface area (Å²) in [6.07, 6.45) is 3.34. The fraction of sp³-hybridized carbons (Fsp3) is 0.500.